The minimum Gasteiger partial charge on any atom is -0.622 e. The highest BCUT2D eigenvalue weighted by atomic mass is 32.2. The summed E-state index contributed by atoms with van der Waals surface area (Å²) in [5.41, 5.74) is 0.476. The van der Waals surface area contributed by atoms with Crippen molar-refractivity contribution >= 4 is 40.2 Å². The second kappa shape index (κ2) is 7.48. The van der Waals surface area contributed by atoms with Gasteiger partial charge >= 0.3 is 0 Å². The molecule has 1 unspecified atom stereocenters. The summed E-state index contributed by atoms with van der Waals surface area (Å²) >= 11 is 6.96. The Morgan fingerprint density at radius 2 is 2.12 bits per heavy atom. The van der Waals surface area contributed by atoms with Crippen molar-refractivity contribution in [3.8, 4) is 0 Å². The first-order chi connectivity index (χ1) is 11.3. The smallest absolute Gasteiger partial charge is 0.270 e. The van der Waals surface area contributed by atoms with E-state index in [9.17, 15) is 15.3 Å². The Labute approximate surface area is 151 Å². The van der Waals surface area contributed by atoms with E-state index in [1.165, 1.54) is 30.1 Å². The normalized spacial score (nSPS) is 20.5. The zero-order valence-electron chi connectivity index (χ0n) is 14.0. The summed E-state index contributed by atoms with van der Waals surface area (Å²) in [7, 11) is 0. The van der Waals surface area contributed by atoms with Crippen molar-refractivity contribution in [1.82, 2.24) is 4.90 Å². The Balaban J connectivity index is 2.33. The molecular weight excluding hydrogens is 346 g/mol. The number of thiocarbonyl (C=S) groups is 1. The molecule has 0 bridgehead atoms. The Bertz CT molecular complexity index is 676. The molecule has 1 aliphatic heterocycles. The molecule has 0 aromatic heterocycles. The van der Waals surface area contributed by atoms with Crippen LogP contribution in [0.2, 0.25) is 0 Å². The average Bonchev–Trinajstić information content (AvgIpc) is 2.73. The molecule has 2 rings (SSSR count). The van der Waals surface area contributed by atoms with Crippen LogP contribution in [0.3, 0.4) is 0 Å². The predicted molar refractivity (Wildman–Crippen MR) is 102 cm³/mol. The first-order valence-corrected chi connectivity index (χ1v) is 9.03. The van der Waals surface area contributed by atoms with Crippen LogP contribution in [-0.4, -0.2) is 42.6 Å². The minimum atomic E-state index is -0.468. The SMILES string of the molecule is CCCCN1C(=S)SC(C)(C)C1/[N+]([O-])=C/c1cccc([N+](=O)[O-])c1. The van der Waals surface area contributed by atoms with Crippen LogP contribution in [-0.2, 0) is 0 Å². The minimum absolute atomic E-state index is 0.0319. The van der Waals surface area contributed by atoms with Gasteiger partial charge in [0.25, 0.3) is 11.9 Å². The van der Waals surface area contributed by atoms with E-state index in [0.717, 1.165) is 28.4 Å². The molecule has 24 heavy (non-hydrogen) atoms. The number of benzene rings is 1. The summed E-state index contributed by atoms with van der Waals surface area (Å²) < 4.78 is 1.25. The fourth-order valence-corrected chi connectivity index (χ4v) is 4.66. The number of unbranched alkanes of at least 4 members (excludes halogenated alkanes) is 1. The fourth-order valence-electron chi connectivity index (χ4n) is 2.73. The van der Waals surface area contributed by atoms with E-state index in [2.05, 4.69) is 6.92 Å². The van der Waals surface area contributed by atoms with Gasteiger partial charge in [-0.05, 0) is 26.3 Å². The zero-order valence-corrected chi connectivity index (χ0v) is 15.6. The number of hydroxylamine groups is 1. The summed E-state index contributed by atoms with van der Waals surface area (Å²) in [4.78, 5) is 12.4. The lowest BCUT2D eigenvalue weighted by Gasteiger charge is -2.29. The first kappa shape index (κ1) is 18.7. The molecule has 0 amide bonds. The summed E-state index contributed by atoms with van der Waals surface area (Å²) in [6, 6.07) is 6.06. The molecule has 1 atom stereocenters. The van der Waals surface area contributed by atoms with Crippen LogP contribution in [0.1, 0.15) is 39.2 Å². The van der Waals surface area contributed by atoms with Crippen LogP contribution in [0.4, 0.5) is 5.69 Å². The van der Waals surface area contributed by atoms with Gasteiger partial charge in [-0.2, -0.15) is 4.74 Å². The van der Waals surface area contributed by atoms with Gasteiger partial charge < -0.3 is 5.21 Å². The number of hydrogen-bond donors (Lipinski definition) is 0. The van der Waals surface area contributed by atoms with Crippen LogP contribution >= 0.6 is 24.0 Å². The molecule has 0 aliphatic carbocycles. The van der Waals surface area contributed by atoms with Crippen LogP contribution in [0.15, 0.2) is 24.3 Å². The van der Waals surface area contributed by atoms with E-state index >= 15 is 0 Å². The summed E-state index contributed by atoms with van der Waals surface area (Å²) in [5, 5.41) is 23.7. The van der Waals surface area contributed by atoms with Gasteiger partial charge in [-0.15, -0.1) is 0 Å². The molecule has 1 heterocycles. The maximum atomic E-state index is 12.8. The van der Waals surface area contributed by atoms with Crippen LogP contribution in [0.25, 0.3) is 0 Å². The highest BCUT2D eigenvalue weighted by molar-refractivity contribution is 8.24. The zero-order chi connectivity index (χ0) is 17.9. The van der Waals surface area contributed by atoms with Crippen molar-refractivity contribution in [2.24, 2.45) is 0 Å². The molecule has 1 aliphatic rings. The van der Waals surface area contributed by atoms with Gasteiger partial charge in [-0.1, -0.05) is 43.4 Å². The lowest BCUT2D eigenvalue weighted by atomic mass is 10.1. The molecule has 1 saturated heterocycles. The van der Waals surface area contributed by atoms with Crippen molar-refractivity contribution < 1.29 is 9.66 Å². The third kappa shape index (κ3) is 4.05. The Morgan fingerprint density at radius 3 is 2.75 bits per heavy atom. The maximum absolute atomic E-state index is 12.8. The highest BCUT2D eigenvalue weighted by Crippen LogP contribution is 2.41. The largest absolute Gasteiger partial charge is 0.622 e. The molecule has 0 spiro atoms. The Morgan fingerprint density at radius 1 is 1.42 bits per heavy atom. The van der Waals surface area contributed by atoms with Gasteiger partial charge in [0.1, 0.15) is 9.07 Å². The molecule has 130 valence electrons. The lowest BCUT2D eigenvalue weighted by molar-refractivity contribution is -0.523. The molecule has 0 radical (unpaired) electrons. The third-order valence-corrected chi connectivity index (χ3v) is 5.48. The Hall–Kier alpha value is -1.67. The molecule has 8 heteroatoms. The van der Waals surface area contributed by atoms with E-state index < -0.39 is 11.1 Å². The van der Waals surface area contributed by atoms with E-state index in [1.54, 1.807) is 12.1 Å². The topological polar surface area (TPSA) is 72.5 Å². The molecule has 0 saturated carbocycles. The maximum Gasteiger partial charge on any atom is 0.270 e. The van der Waals surface area contributed by atoms with Gasteiger partial charge in [0.15, 0.2) is 6.21 Å². The summed E-state index contributed by atoms with van der Waals surface area (Å²) in [6.45, 7) is 6.81. The number of non-ortho nitro benzene ring substituents is 1. The fraction of sp³-hybridized carbons (Fsp3) is 0.500. The number of nitro benzene ring substituents is 1. The number of rotatable bonds is 6. The van der Waals surface area contributed by atoms with Gasteiger partial charge in [0, 0.05) is 24.2 Å². The van der Waals surface area contributed by atoms with Crippen molar-refractivity contribution in [3.05, 3.63) is 45.2 Å². The van der Waals surface area contributed by atoms with Crippen molar-refractivity contribution in [1.29, 1.82) is 0 Å². The molecule has 0 N–H and O–H groups in total. The first-order valence-electron chi connectivity index (χ1n) is 7.80. The van der Waals surface area contributed by atoms with Crippen molar-refractivity contribution in [2.45, 2.75) is 44.5 Å². The quantitative estimate of drug-likeness (QED) is 0.190. The number of nitrogens with zero attached hydrogens (tertiary/aromatic N) is 3. The van der Waals surface area contributed by atoms with Gasteiger partial charge in [0.2, 0.25) is 0 Å². The van der Waals surface area contributed by atoms with E-state index in [0.29, 0.717) is 5.56 Å². The van der Waals surface area contributed by atoms with Gasteiger partial charge in [-0.3, -0.25) is 15.0 Å². The van der Waals surface area contributed by atoms with Crippen LogP contribution < -0.4 is 0 Å². The summed E-state index contributed by atoms with van der Waals surface area (Å²) in [5.74, 6) is 0. The molecular formula is C16H21N3O3S2. The molecule has 6 nitrogen and oxygen atoms in total. The lowest BCUT2D eigenvalue weighted by Crippen LogP contribution is -2.48. The average molecular weight is 367 g/mol. The number of nitro groups is 1. The van der Waals surface area contributed by atoms with Crippen molar-refractivity contribution in [3.63, 3.8) is 0 Å². The van der Waals surface area contributed by atoms with E-state index in [4.69, 9.17) is 12.2 Å². The van der Waals surface area contributed by atoms with Crippen LogP contribution in [0.5, 0.6) is 0 Å². The molecule has 1 aromatic carbocycles. The highest BCUT2D eigenvalue weighted by Gasteiger charge is 2.50. The standard InChI is InChI=1S/C16H21N3O3S2/c1-4-5-9-17-14(16(2,3)24-15(17)23)18(20)11-12-7-6-8-13(10-12)19(21)22/h6-8,10-11,14H,4-5,9H2,1-3H3/b18-11-. The Kier molecular flexibility index (Phi) is 5.82. The second-order valence-electron chi connectivity index (χ2n) is 6.23. The molecule has 1 aromatic rings. The van der Waals surface area contributed by atoms with Crippen LogP contribution in [0, 0.1) is 15.3 Å². The molecule has 1 fully saturated rings. The number of thioether (sulfide) groups is 1. The van der Waals surface area contributed by atoms with Crippen molar-refractivity contribution in [2.75, 3.05) is 6.54 Å². The third-order valence-electron chi connectivity index (χ3n) is 3.85. The van der Waals surface area contributed by atoms with E-state index in [-0.39, 0.29) is 10.4 Å². The predicted octanol–water partition coefficient (Wildman–Crippen LogP) is 3.76. The van der Waals surface area contributed by atoms with Gasteiger partial charge in [-0.25, -0.2) is 0 Å². The second-order valence-corrected chi connectivity index (χ2v) is 8.52. The number of hydrogen-bond acceptors (Lipinski definition) is 5. The monoisotopic (exact) mass is 367 g/mol. The van der Waals surface area contributed by atoms with Gasteiger partial charge in [0.05, 0.1) is 4.92 Å². The summed E-state index contributed by atoms with van der Waals surface area (Å²) in [6.07, 6.45) is 2.95. The van der Waals surface area contributed by atoms with E-state index in [1.807, 2.05) is 18.7 Å².